The Morgan fingerprint density at radius 1 is 0.929 bits per heavy atom. The van der Waals surface area contributed by atoms with Gasteiger partial charge in [0.15, 0.2) is 0 Å². The fourth-order valence-corrected chi connectivity index (χ4v) is 5.61. The van der Waals surface area contributed by atoms with Crippen LogP contribution < -0.4 is 5.73 Å². The van der Waals surface area contributed by atoms with E-state index in [0.29, 0.717) is 37.3 Å². The molecule has 0 radical (unpaired) electrons. The van der Waals surface area contributed by atoms with Gasteiger partial charge in [-0.2, -0.15) is 5.10 Å². The number of imidazole rings is 1. The van der Waals surface area contributed by atoms with Gasteiger partial charge >= 0.3 is 0 Å². The Hall–Kier alpha value is -4.62. The van der Waals surface area contributed by atoms with E-state index in [4.69, 9.17) is 5.73 Å². The minimum absolute atomic E-state index is 0.0105. The molecule has 0 unspecified atom stereocenters. The molecular weight excluding hydrogens is 547 g/mol. The van der Waals surface area contributed by atoms with E-state index in [1.165, 1.54) is 35.5 Å². The molecule has 10 nitrogen and oxygen atoms in total. The Balaban J connectivity index is 1.26. The van der Waals surface area contributed by atoms with E-state index in [9.17, 15) is 18.3 Å². The zero-order valence-electron chi connectivity index (χ0n) is 22.5. The lowest BCUT2D eigenvalue weighted by molar-refractivity contribution is -0.0281. The number of hydrogen-bond donors (Lipinski definition) is 2. The summed E-state index contributed by atoms with van der Waals surface area (Å²) in [5.41, 5.74) is 6.92. The number of anilines is 1. The first-order valence-corrected chi connectivity index (χ1v) is 13.4. The van der Waals surface area contributed by atoms with E-state index in [1.807, 2.05) is 0 Å². The predicted molar refractivity (Wildman–Crippen MR) is 148 cm³/mol. The van der Waals surface area contributed by atoms with Crippen LogP contribution in [0.3, 0.4) is 0 Å². The molecule has 3 aromatic heterocycles. The van der Waals surface area contributed by atoms with Gasteiger partial charge in [0, 0.05) is 49.1 Å². The summed E-state index contributed by atoms with van der Waals surface area (Å²) in [5, 5.41) is 15.8. The molecular formula is C29H28F3N9O. The van der Waals surface area contributed by atoms with Crippen molar-refractivity contribution in [1.82, 2.24) is 39.2 Å². The van der Waals surface area contributed by atoms with Crippen LogP contribution in [0.2, 0.25) is 0 Å². The molecule has 1 aliphatic heterocycles. The highest BCUT2D eigenvalue weighted by Gasteiger charge is 2.37. The van der Waals surface area contributed by atoms with E-state index in [-0.39, 0.29) is 36.5 Å². The summed E-state index contributed by atoms with van der Waals surface area (Å²) >= 11 is 0. The second kappa shape index (κ2) is 11.3. The molecule has 1 atom stereocenters. The molecule has 42 heavy (non-hydrogen) atoms. The van der Waals surface area contributed by atoms with Crippen LogP contribution in [-0.4, -0.2) is 63.9 Å². The number of aliphatic hydroxyl groups is 1. The van der Waals surface area contributed by atoms with Crippen molar-refractivity contribution in [2.75, 3.05) is 25.4 Å². The highest BCUT2D eigenvalue weighted by molar-refractivity contribution is 5.77. The molecule has 4 heterocycles. The highest BCUT2D eigenvalue weighted by Crippen LogP contribution is 2.36. The molecule has 1 aliphatic rings. The lowest BCUT2D eigenvalue weighted by atomic mass is 9.91. The molecule has 3 N–H and O–H groups in total. The molecule has 0 saturated carbocycles. The van der Waals surface area contributed by atoms with Crippen LogP contribution in [0.15, 0.2) is 73.7 Å². The minimum Gasteiger partial charge on any atom is -0.382 e. The molecule has 5 aromatic rings. The summed E-state index contributed by atoms with van der Waals surface area (Å²) in [4.78, 5) is 19.1. The summed E-state index contributed by atoms with van der Waals surface area (Å²) in [6, 6.07) is 11.1. The van der Waals surface area contributed by atoms with Crippen molar-refractivity contribution >= 4 is 5.95 Å². The Labute approximate surface area is 239 Å². The fourth-order valence-electron chi connectivity index (χ4n) is 5.61. The van der Waals surface area contributed by atoms with Crippen LogP contribution in [0.25, 0.3) is 22.6 Å². The summed E-state index contributed by atoms with van der Waals surface area (Å²) in [6.07, 6.45) is 7.49. The number of nitrogens with two attached hydrogens (primary N) is 1. The fraction of sp³-hybridized carbons (Fsp3) is 0.276. The Bertz CT molecular complexity index is 1670. The maximum atomic E-state index is 14.9. The molecule has 1 saturated heterocycles. The Kier molecular flexibility index (Phi) is 7.43. The van der Waals surface area contributed by atoms with Crippen molar-refractivity contribution in [1.29, 1.82) is 0 Å². The van der Waals surface area contributed by atoms with Crippen LogP contribution in [-0.2, 0) is 12.1 Å². The van der Waals surface area contributed by atoms with Crippen molar-refractivity contribution in [2.24, 2.45) is 0 Å². The molecule has 6 rings (SSSR count). The second-order valence-corrected chi connectivity index (χ2v) is 10.4. The summed E-state index contributed by atoms with van der Waals surface area (Å²) in [6.45, 7) is 1.21. The number of nitrogens with zero attached hydrogens (tertiary/aromatic N) is 8. The third kappa shape index (κ3) is 5.60. The molecule has 13 heteroatoms. The standard InChI is InChI=1S/C29H28F3N9O/c30-20-3-1-19(2-4-20)26-27(25-7-10-35-28(33)38-25)41(18-36-26)22-8-11-39(12-9-22)14-29(42,15-40-17-34-16-37-40)23-6-5-21(31)13-24(23)32/h1-7,10,13,16-18,22,42H,8-9,11-12,14-15H2,(H2,33,35,38)/t29-/m1/s1. The number of piperidine rings is 1. The molecule has 2 aromatic carbocycles. The van der Waals surface area contributed by atoms with Crippen LogP contribution in [0.5, 0.6) is 0 Å². The smallest absolute Gasteiger partial charge is 0.220 e. The lowest BCUT2D eigenvalue weighted by Gasteiger charge is -2.39. The average Bonchev–Trinajstić information content (AvgIpc) is 3.64. The molecule has 216 valence electrons. The van der Waals surface area contributed by atoms with Gasteiger partial charge in [0.2, 0.25) is 5.95 Å². The first kappa shape index (κ1) is 27.5. The van der Waals surface area contributed by atoms with Gasteiger partial charge in [0.1, 0.15) is 35.7 Å². The number of halogens is 3. The van der Waals surface area contributed by atoms with Crippen molar-refractivity contribution in [3.8, 4) is 22.6 Å². The highest BCUT2D eigenvalue weighted by atomic mass is 19.1. The largest absolute Gasteiger partial charge is 0.382 e. The van der Waals surface area contributed by atoms with Gasteiger partial charge in [-0.3, -0.25) is 4.90 Å². The molecule has 0 spiro atoms. The Morgan fingerprint density at radius 3 is 2.38 bits per heavy atom. The van der Waals surface area contributed by atoms with Crippen LogP contribution in [0, 0.1) is 17.5 Å². The van der Waals surface area contributed by atoms with Crippen LogP contribution >= 0.6 is 0 Å². The number of nitrogen functional groups attached to an aromatic ring is 1. The monoisotopic (exact) mass is 575 g/mol. The number of likely N-dealkylation sites (tertiary alicyclic amines) is 1. The number of β-amino-alcohol motifs (C(OH)–C–C–N with tert-alkyl or cyclic N) is 1. The number of benzene rings is 2. The Morgan fingerprint density at radius 2 is 1.69 bits per heavy atom. The third-order valence-corrected chi connectivity index (χ3v) is 7.59. The number of rotatable bonds is 8. The summed E-state index contributed by atoms with van der Waals surface area (Å²) < 4.78 is 45.7. The van der Waals surface area contributed by atoms with Crippen molar-refractivity contribution in [3.05, 3.63) is 96.7 Å². The average molecular weight is 576 g/mol. The van der Waals surface area contributed by atoms with Crippen LogP contribution in [0.4, 0.5) is 19.1 Å². The van der Waals surface area contributed by atoms with Gasteiger partial charge in [0.05, 0.1) is 30.0 Å². The van der Waals surface area contributed by atoms with E-state index in [0.717, 1.165) is 23.4 Å². The van der Waals surface area contributed by atoms with Crippen molar-refractivity contribution in [3.63, 3.8) is 0 Å². The molecule has 1 fully saturated rings. The summed E-state index contributed by atoms with van der Waals surface area (Å²) in [7, 11) is 0. The topological polar surface area (TPSA) is 124 Å². The van der Waals surface area contributed by atoms with E-state index in [1.54, 1.807) is 30.7 Å². The van der Waals surface area contributed by atoms with E-state index >= 15 is 0 Å². The van der Waals surface area contributed by atoms with E-state index in [2.05, 4.69) is 34.5 Å². The van der Waals surface area contributed by atoms with Gasteiger partial charge in [-0.05, 0) is 49.2 Å². The maximum Gasteiger partial charge on any atom is 0.220 e. The van der Waals surface area contributed by atoms with E-state index < -0.39 is 17.2 Å². The van der Waals surface area contributed by atoms with Crippen molar-refractivity contribution in [2.45, 2.75) is 31.0 Å². The van der Waals surface area contributed by atoms with Gasteiger partial charge in [-0.1, -0.05) is 6.07 Å². The minimum atomic E-state index is -1.69. The normalized spacial score (nSPS) is 16.0. The summed E-state index contributed by atoms with van der Waals surface area (Å²) in [5.74, 6) is -1.77. The first-order chi connectivity index (χ1) is 20.3. The SMILES string of the molecule is Nc1nccc(-c2c(-c3ccc(F)cc3)ncn2C2CCN(C[C@@](O)(Cn3cncn3)c3ccc(F)cc3F)CC2)n1. The molecule has 0 aliphatic carbocycles. The third-order valence-electron chi connectivity index (χ3n) is 7.59. The number of aromatic nitrogens is 7. The lowest BCUT2D eigenvalue weighted by Crippen LogP contribution is -2.47. The quantitative estimate of drug-likeness (QED) is 0.286. The van der Waals surface area contributed by atoms with Gasteiger partial charge < -0.3 is 15.4 Å². The zero-order valence-corrected chi connectivity index (χ0v) is 22.5. The second-order valence-electron chi connectivity index (χ2n) is 10.4. The van der Waals surface area contributed by atoms with Gasteiger partial charge in [0.25, 0.3) is 0 Å². The van der Waals surface area contributed by atoms with Crippen molar-refractivity contribution < 1.29 is 18.3 Å². The van der Waals surface area contributed by atoms with Gasteiger partial charge in [-0.15, -0.1) is 0 Å². The van der Waals surface area contributed by atoms with Gasteiger partial charge in [-0.25, -0.2) is 37.8 Å². The van der Waals surface area contributed by atoms with Crippen LogP contribution in [0.1, 0.15) is 24.4 Å². The zero-order chi connectivity index (χ0) is 29.3. The number of hydrogen-bond acceptors (Lipinski definition) is 8. The predicted octanol–water partition coefficient (Wildman–Crippen LogP) is 3.82. The molecule has 0 amide bonds. The first-order valence-electron chi connectivity index (χ1n) is 13.4. The maximum absolute atomic E-state index is 14.9. The molecule has 0 bridgehead atoms.